The van der Waals surface area contributed by atoms with Crippen LogP contribution in [0, 0.1) is 10.1 Å². The Hall–Kier alpha value is -4.73. The number of Topliss-reactive ketones (excluding diaryl/α,β-unsaturated/α-hetero) is 1. The Morgan fingerprint density at radius 3 is 2.51 bits per heavy atom. The van der Waals surface area contributed by atoms with Crippen LogP contribution in [0.25, 0.3) is 5.76 Å². The third kappa shape index (κ3) is 4.05. The Kier molecular flexibility index (Phi) is 5.61. The van der Waals surface area contributed by atoms with Gasteiger partial charge in [0.2, 0.25) is 0 Å². The van der Waals surface area contributed by atoms with Crippen molar-refractivity contribution in [2.24, 2.45) is 0 Å². The van der Waals surface area contributed by atoms with Gasteiger partial charge < -0.3 is 19.5 Å². The van der Waals surface area contributed by atoms with Crippen LogP contribution in [0.3, 0.4) is 0 Å². The van der Waals surface area contributed by atoms with E-state index >= 15 is 0 Å². The number of nitrogens with zero attached hydrogens (tertiary/aromatic N) is 3. The number of non-ortho nitro benzene ring substituents is 1. The van der Waals surface area contributed by atoms with Gasteiger partial charge in [-0.1, -0.05) is 6.07 Å². The van der Waals surface area contributed by atoms with Crippen molar-refractivity contribution in [3.8, 4) is 11.5 Å². The SMILES string of the molecule is O=C1C(=O)N(Cc2cccnc2)C(c2ccc([N+](=O)[O-])cc2)C1=C(O)c1ccc2c(c1)OCCO2. The number of benzene rings is 2. The Labute approximate surface area is 199 Å². The number of amides is 1. The van der Waals surface area contributed by atoms with Gasteiger partial charge in [-0.15, -0.1) is 0 Å². The zero-order valence-corrected chi connectivity index (χ0v) is 18.3. The standard InChI is InChI=1S/C25H19N3O7/c29-23(17-5-8-19-20(12-17)35-11-10-34-19)21-22(16-3-6-18(7-4-16)28(32)33)27(25(31)24(21)30)14-15-2-1-9-26-13-15/h1-9,12-13,22,29H,10-11,14H2. The highest BCUT2D eigenvalue weighted by Crippen LogP contribution is 2.42. The van der Waals surface area contributed by atoms with Gasteiger partial charge in [0.15, 0.2) is 11.5 Å². The number of pyridine rings is 1. The van der Waals surface area contributed by atoms with Crippen LogP contribution in [-0.4, -0.2) is 44.8 Å². The first kappa shape index (κ1) is 22.1. The first-order valence-electron chi connectivity index (χ1n) is 10.8. The number of nitro benzene ring substituents is 1. The number of ketones is 1. The van der Waals surface area contributed by atoms with E-state index in [9.17, 15) is 24.8 Å². The summed E-state index contributed by atoms with van der Waals surface area (Å²) in [6, 6.07) is 12.8. The average Bonchev–Trinajstić information content (AvgIpc) is 3.13. The Morgan fingerprint density at radius 2 is 1.83 bits per heavy atom. The van der Waals surface area contributed by atoms with Gasteiger partial charge >= 0.3 is 0 Å². The van der Waals surface area contributed by atoms with Crippen molar-refractivity contribution in [2.45, 2.75) is 12.6 Å². The molecule has 3 heterocycles. The van der Waals surface area contributed by atoms with Gasteiger partial charge in [-0.3, -0.25) is 24.7 Å². The maximum Gasteiger partial charge on any atom is 0.295 e. The second kappa shape index (κ2) is 8.90. The number of nitro groups is 1. The van der Waals surface area contributed by atoms with Crippen LogP contribution in [0.2, 0.25) is 0 Å². The molecule has 1 aromatic heterocycles. The molecule has 0 bridgehead atoms. The molecule has 35 heavy (non-hydrogen) atoms. The molecule has 0 radical (unpaired) electrons. The molecule has 176 valence electrons. The van der Waals surface area contributed by atoms with Crippen LogP contribution < -0.4 is 9.47 Å². The van der Waals surface area contributed by atoms with Crippen molar-refractivity contribution in [1.82, 2.24) is 9.88 Å². The fourth-order valence-corrected chi connectivity index (χ4v) is 4.20. The number of carbonyl (C=O) groups is 2. The van der Waals surface area contributed by atoms with E-state index in [1.54, 1.807) is 42.7 Å². The first-order chi connectivity index (χ1) is 16.9. The number of aromatic nitrogens is 1. The second-order valence-electron chi connectivity index (χ2n) is 8.00. The van der Waals surface area contributed by atoms with E-state index in [2.05, 4.69) is 4.98 Å². The van der Waals surface area contributed by atoms with E-state index in [4.69, 9.17) is 9.47 Å². The summed E-state index contributed by atoms with van der Waals surface area (Å²) in [5.41, 5.74) is 1.15. The van der Waals surface area contributed by atoms with E-state index in [1.807, 2.05) is 0 Å². The molecule has 1 saturated heterocycles. The van der Waals surface area contributed by atoms with Crippen LogP contribution in [0.1, 0.15) is 22.7 Å². The van der Waals surface area contributed by atoms with Crippen LogP contribution >= 0.6 is 0 Å². The van der Waals surface area contributed by atoms with Crippen molar-refractivity contribution in [3.05, 3.63) is 99.4 Å². The topological polar surface area (TPSA) is 132 Å². The molecule has 10 heteroatoms. The zero-order chi connectivity index (χ0) is 24.5. The fraction of sp³-hybridized carbons (Fsp3) is 0.160. The minimum Gasteiger partial charge on any atom is -0.507 e. The highest BCUT2D eigenvalue weighted by atomic mass is 16.6. The van der Waals surface area contributed by atoms with Crippen LogP contribution in [0.5, 0.6) is 11.5 Å². The molecule has 5 rings (SSSR count). The number of carbonyl (C=O) groups excluding carboxylic acids is 2. The molecule has 2 aromatic carbocycles. The molecule has 1 unspecified atom stereocenters. The minimum atomic E-state index is -0.968. The zero-order valence-electron chi connectivity index (χ0n) is 18.3. The highest BCUT2D eigenvalue weighted by Gasteiger charge is 2.46. The lowest BCUT2D eigenvalue weighted by molar-refractivity contribution is -0.384. The highest BCUT2D eigenvalue weighted by molar-refractivity contribution is 6.46. The summed E-state index contributed by atoms with van der Waals surface area (Å²) >= 11 is 0. The molecule has 1 fully saturated rings. The van der Waals surface area contributed by atoms with Gasteiger partial charge in [-0.05, 0) is 47.5 Å². The van der Waals surface area contributed by atoms with Gasteiger partial charge in [-0.2, -0.15) is 0 Å². The predicted octanol–water partition coefficient (Wildman–Crippen LogP) is 3.38. The molecule has 1 N–H and O–H groups in total. The molecule has 1 atom stereocenters. The van der Waals surface area contributed by atoms with Crippen molar-refractivity contribution in [2.75, 3.05) is 13.2 Å². The largest absolute Gasteiger partial charge is 0.507 e. The van der Waals surface area contributed by atoms with Crippen LogP contribution in [0.4, 0.5) is 5.69 Å². The molecular formula is C25H19N3O7. The number of ether oxygens (including phenoxy) is 2. The number of likely N-dealkylation sites (tertiary alicyclic amines) is 1. The van der Waals surface area contributed by atoms with Gasteiger partial charge in [0.05, 0.1) is 16.5 Å². The molecule has 2 aliphatic rings. The quantitative estimate of drug-likeness (QED) is 0.196. The van der Waals surface area contributed by atoms with Gasteiger partial charge in [0, 0.05) is 36.6 Å². The number of hydrogen-bond acceptors (Lipinski definition) is 8. The predicted molar refractivity (Wildman–Crippen MR) is 123 cm³/mol. The van der Waals surface area contributed by atoms with Crippen molar-refractivity contribution in [1.29, 1.82) is 0 Å². The minimum absolute atomic E-state index is 0.0536. The number of fused-ring (bicyclic) bond motifs is 1. The van der Waals surface area contributed by atoms with Gasteiger partial charge in [-0.25, -0.2) is 0 Å². The Balaban J connectivity index is 1.63. The monoisotopic (exact) mass is 473 g/mol. The molecular weight excluding hydrogens is 454 g/mol. The fourth-order valence-electron chi connectivity index (χ4n) is 4.20. The lowest BCUT2D eigenvalue weighted by Crippen LogP contribution is -2.29. The van der Waals surface area contributed by atoms with Crippen molar-refractivity contribution >= 4 is 23.1 Å². The summed E-state index contributed by atoms with van der Waals surface area (Å²) in [6.45, 7) is 0.797. The van der Waals surface area contributed by atoms with E-state index in [0.717, 1.165) is 0 Å². The van der Waals surface area contributed by atoms with Gasteiger partial charge in [0.25, 0.3) is 17.4 Å². The van der Waals surface area contributed by atoms with Crippen LogP contribution in [0.15, 0.2) is 72.6 Å². The van der Waals surface area contributed by atoms with Crippen molar-refractivity contribution in [3.63, 3.8) is 0 Å². The van der Waals surface area contributed by atoms with E-state index in [1.165, 1.54) is 29.2 Å². The van der Waals surface area contributed by atoms with Crippen LogP contribution in [-0.2, 0) is 16.1 Å². The third-order valence-electron chi connectivity index (χ3n) is 5.85. The normalized spacial score (nSPS) is 18.5. The van der Waals surface area contributed by atoms with Crippen molar-refractivity contribution < 1.29 is 29.1 Å². The van der Waals surface area contributed by atoms with E-state index in [0.29, 0.717) is 35.8 Å². The average molecular weight is 473 g/mol. The molecule has 0 aliphatic carbocycles. The Morgan fingerprint density at radius 1 is 1.09 bits per heavy atom. The smallest absolute Gasteiger partial charge is 0.295 e. The summed E-state index contributed by atoms with van der Waals surface area (Å²) in [5, 5.41) is 22.4. The molecule has 3 aromatic rings. The molecule has 2 aliphatic heterocycles. The Bertz CT molecular complexity index is 1350. The lowest BCUT2D eigenvalue weighted by atomic mass is 9.95. The third-order valence-corrected chi connectivity index (χ3v) is 5.85. The maximum absolute atomic E-state index is 13.2. The molecule has 0 spiro atoms. The molecule has 0 saturated carbocycles. The number of hydrogen-bond donors (Lipinski definition) is 1. The van der Waals surface area contributed by atoms with E-state index in [-0.39, 0.29) is 29.1 Å². The number of aliphatic hydroxyl groups excluding tert-OH is 1. The number of rotatable bonds is 5. The summed E-state index contributed by atoms with van der Waals surface area (Å²) in [5.74, 6) is -1.10. The lowest BCUT2D eigenvalue weighted by Gasteiger charge is -2.25. The summed E-state index contributed by atoms with van der Waals surface area (Å²) in [4.78, 5) is 42.3. The summed E-state index contributed by atoms with van der Waals surface area (Å²) in [7, 11) is 0. The first-order valence-corrected chi connectivity index (χ1v) is 10.8. The second-order valence-corrected chi connectivity index (χ2v) is 8.00. The summed E-state index contributed by atoms with van der Waals surface area (Å²) < 4.78 is 11.1. The molecule has 10 nitrogen and oxygen atoms in total. The number of aliphatic hydroxyl groups is 1. The summed E-state index contributed by atoms with van der Waals surface area (Å²) in [6.07, 6.45) is 3.17. The van der Waals surface area contributed by atoms with Gasteiger partial charge in [0.1, 0.15) is 19.0 Å². The van der Waals surface area contributed by atoms with E-state index < -0.39 is 22.7 Å². The maximum atomic E-state index is 13.2. The molecule has 1 amide bonds.